The van der Waals surface area contributed by atoms with E-state index in [0.717, 1.165) is 17.0 Å². The van der Waals surface area contributed by atoms with E-state index in [9.17, 15) is 19.2 Å². The van der Waals surface area contributed by atoms with E-state index in [1.807, 2.05) is 30.5 Å². The summed E-state index contributed by atoms with van der Waals surface area (Å²) in [6.45, 7) is 3.21. The van der Waals surface area contributed by atoms with E-state index in [2.05, 4.69) is 0 Å². The maximum atomic E-state index is 12.9. The number of carbonyl (C=O) groups is 4. The van der Waals surface area contributed by atoms with Crippen molar-refractivity contribution >= 4 is 41.1 Å². The molecule has 2 aliphatic rings. The molecule has 2 unspecified atom stereocenters. The SMILES string of the molecule is CCOC(=O)C1CCCN(C(=O)CN(C)C(=O)C2CC(=O)N(c3ccc(SC)cc3)C2)C1. The second-order valence-electron chi connectivity index (χ2n) is 8.23. The number of amides is 3. The minimum atomic E-state index is -0.478. The molecule has 3 rings (SSSR count). The summed E-state index contributed by atoms with van der Waals surface area (Å²) in [7, 11) is 1.59. The van der Waals surface area contributed by atoms with Crippen LogP contribution in [-0.4, -0.2) is 79.6 Å². The van der Waals surface area contributed by atoms with Crippen LogP contribution in [0.15, 0.2) is 29.2 Å². The van der Waals surface area contributed by atoms with E-state index in [-0.39, 0.29) is 42.6 Å². The summed E-state index contributed by atoms with van der Waals surface area (Å²) in [6, 6.07) is 7.69. The summed E-state index contributed by atoms with van der Waals surface area (Å²) in [6.07, 6.45) is 3.56. The molecule has 1 aromatic carbocycles. The van der Waals surface area contributed by atoms with Gasteiger partial charge in [0, 0.05) is 43.7 Å². The Morgan fingerprint density at radius 3 is 2.53 bits per heavy atom. The maximum Gasteiger partial charge on any atom is 0.310 e. The lowest BCUT2D eigenvalue weighted by molar-refractivity contribution is -0.152. The first-order chi connectivity index (χ1) is 15.3. The van der Waals surface area contributed by atoms with Crippen LogP contribution in [0.4, 0.5) is 5.69 Å². The predicted octanol–water partition coefficient (Wildman–Crippen LogP) is 2.02. The molecule has 2 heterocycles. The highest BCUT2D eigenvalue weighted by molar-refractivity contribution is 7.98. The van der Waals surface area contributed by atoms with Crippen LogP contribution in [0.3, 0.4) is 0 Å². The number of likely N-dealkylation sites (N-methyl/N-ethyl adjacent to an activating group) is 1. The van der Waals surface area contributed by atoms with Crippen LogP contribution in [-0.2, 0) is 23.9 Å². The predicted molar refractivity (Wildman–Crippen MR) is 122 cm³/mol. The van der Waals surface area contributed by atoms with Crippen molar-refractivity contribution in [3.63, 3.8) is 0 Å². The number of nitrogens with zero attached hydrogens (tertiary/aromatic N) is 3. The largest absolute Gasteiger partial charge is 0.466 e. The summed E-state index contributed by atoms with van der Waals surface area (Å²) in [4.78, 5) is 56.0. The van der Waals surface area contributed by atoms with Gasteiger partial charge in [0.2, 0.25) is 17.7 Å². The molecule has 2 saturated heterocycles. The summed E-state index contributed by atoms with van der Waals surface area (Å²) in [5.41, 5.74) is 0.778. The van der Waals surface area contributed by atoms with Crippen molar-refractivity contribution in [3.05, 3.63) is 24.3 Å². The summed E-state index contributed by atoms with van der Waals surface area (Å²) in [5, 5.41) is 0. The van der Waals surface area contributed by atoms with E-state index in [1.165, 1.54) is 4.90 Å². The topological polar surface area (TPSA) is 87.2 Å². The fraction of sp³-hybridized carbons (Fsp3) is 0.565. The van der Waals surface area contributed by atoms with E-state index >= 15 is 0 Å². The number of rotatable bonds is 7. The van der Waals surface area contributed by atoms with Gasteiger partial charge in [0.15, 0.2) is 0 Å². The molecule has 0 aliphatic carbocycles. The van der Waals surface area contributed by atoms with E-state index < -0.39 is 5.92 Å². The molecular formula is C23H31N3O5S. The zero-order valence-corrected chi connectivity index (χ0v) is 19.7. The first-order valence-electron chi connectivity index (χ1n) is 11.0. The van der Waals surface area contributed by atoms with Crippen molar-refractivity contribution in [1.29, 1.82) is 0 Å². The van der Waals surface area contributed by atoms with Crippen LogP contribution in [0, 0.1) is 11.8 Å². The van der Waals surface area contributed by atoms with Crippen molar-refractivity contribution in [2.45, 2.75) is 31.1 Å². The molecule has 3 amide bonds. The lowest BCUT2D eigenvalue weighted by atomic mass is 9.98. The van der Waals surface area contributed by atoms with Crippen LogP contribution in [0.1, 0.15) is 26.2 Å². The number of anilines is 1. The molecule has 0 N–H and O–H groups in total. The fourth-order valence-electron chi connectivity index (χ4n) is 4.23. The Balaban J connectivity index is 1.55. The van der Waals surface area contributed by atoms with Gasteiger partial charge in [0.05, 0.1) is 25.0 Å². The molecule has 1 aromatic rings. The van der Waals surface area contributed by atoms with Gasteiger partial charge in [-0.25, -0.2) is 0 Å². The van der Waals surface area contributed by atoms with Crippen LogP contribution >= 0.6 is 11.8 Å². The van der Waals surface area contributed by atoms with Crippen molar-refractivity contribution in [2.24, 2.45) is 11.8 Å². The van der Waals surface area contributed by atoms with Gasteiger partial charge in [-0.3, -0.25) is 19.2 Å². The number of ether oxygens (including phenoxy) is 1. The lowest BCUT2D eigenvalue weighted by Crippen LogP contribution is -2.48. The lowest BCUT2D eigenvalue weighted by Gasteiger charge is -2.33. The number of hydrogen-bond donors (Lipinski definition) is 0. The normalized spacial score (nSPS) is 20.9. The van der Waals surface area contributed by atoms with Gasteiger partial charge in [-0.05, 0) is 50.3 Å². The number of piperidine rings is 1. The Morgan fingerprint density at radius 2 is 1.88 bits per heavy atom. The monoisotopic (exact) mass is 461 g/mol. The zero-order chi connectivity index (χ0) is 23.3. The molecule has 8 nitrogen and oxygen atoms in total. The summed E-state index contributed by atoms with van der Waals surface area (Å²) >= 11 is 1.63. The molecular weight excluding hydrogens is 430 g/mol. The molecule has 2 fully saturated rings. The average Bonchev–Trinajstić information content (AvgIpc) is 3.20. The second kappa shape index (κ2) is 10.8. The maximum absolute atomic E-state index is 12.9. The first-order valence-corrected chi connectivity index (χ1v) is 12.2. The Morgan fingerprint density at radius 1 is 1.16 bits per heavy atom. The van der Waals surface area contributed by atoms with Crippen molar-refractivity contribution < 1.29 is 23.9 Å². The third-order valence-electron chi connectivity index (χ3n) is 6.00. The summed E-state index contributed by atoms with van der Waals surface area (Å²) in [5.74, 6) is -1.56. The van der Waals surface area contributed by atoms with Gasteiger partial charge in [-0.2, -0.15) is 0 Å². The molecule has 2 aliphatic heterocycles. The quantitative estimate of drug-likeness (QED) is 0.456. The minimum absolute atomic E-state index is 0.0680. The van der Waals surface area contributed by atoms with Gasteiger partial charge in [-0.1, -0.05) is 0 Å². The highest BCUT2D eigenvalue weighted by Gasteiger charge is 2.37. The fourth-order valence-corrected chi connectivity index (χ4v) is 4.64. The molecule has 0 bridgehead atoms. The molecule has 9 heteroatoms. The highest BCUT2D eigenvalue weighted by atomic mass is 32.2. The van der Waals surface area contributed by atoms with Gasteiger partial charge in [0.25, 0.3) is 0 Å². The second-order valence-corrected chi connectivity index (χ2v) is 9.11. The van der Waals surface area contributed by atoms with Crippen molar-refractivity contribution in [2.75, 3.05) is 51.0 Å². The van der Waals surface area contributed by atoms with Gasteiger partial charge >= 0.3 is 5.97 Å². The van der Waals surface area contributed by atoms with Crippen LogP contribution in [0.2, 0.25) is 0 Å². The van der Waals surface area contributed by atoms with Crippen LogP contribution < -0.4 is 4.90 Å². The van der Waals surface area contributed by atoms with Gasteiger partial charge in [-0.15, -0.1) is 11.8 Å². The van der Waals surface area contributed by atoms with Gasteiger partial charge < -0.3 is 19.4 Å². The van der Waals surface area contributed by atoms with Crippen molar-refractivity contribution in [1.82, 2.24) is 9.80 Å². The molecule has 0 spiro atoms. The smallest absolute Gasteiger partial charge is 0.310 e. The van der Waals surface area contributed by atoms with Crippen LogP contribution in [0.5, 0.6) is 0 Å². The van der Waals surface area contributed by atoms with Gasteiger partial charge in [0.1, 0.15) is 0 Å². The average molecular weight is 462 g/mol. The molecule has 32 heavy (non-hydrogen) atoms. The Bertz CT molecular complexity index is 860. The van der Waals surface area contributed by atoms with E-state index in [4.69, 9.17) is 4.74 Å². The zero-order valence-electron chi connectivity index (χ0n) is 18.9. The van der Waals surface area contributed by atoms with E-state index in [1.54, 1.807) is 35.5 Å². The number of carbonyl (C=O) groups excluding carboxylic acids is 4. The number of hydrogen-bond acceptors (Lipinski definition) is 6. The Hall–Kier alpha value is -2.55. The van der Waals surface area contributed by atoms with Crippen molar-refractivity contribution in [3.8, 4) is 0 Å². The first kappa shape index (κ1) is 24.1. The molecule has 0 aromatic heterocycles. The number of thioether (sulfide) groups is 1. The molecule has 0 saturated carbocycles. The number of likely N-dealkylation sites (tertiary alicyclic amines) is 1. The Labute approximate surface area is 193 Å². The highest BCUT2D eigenvalue weighted by Crippen LogP contribution is 2.28. The molecule has 174 valence electrons. The van der Waals surface area contributed by atoms with E-state index in [0.29, 0.717) is 32.7 Å². The molecule has 2 atom stereocenters. The third-order valence-corrected chi connectivity index (χ3v) is 6.74. The molecule has 0 radical (unpaired) electrons. The third kappa shape index (κ3) is 5.62. The minimum Gasteiger partial charge on any atom is -0.466 e. The number of benzene rings is 1. The standard InChI is InChI=1S/C23H31N3O5S/c1-4-31-23(30)16-6-5-11-25(13-16)21(28)15-24(2)22(29)17-12-20(27)26(14-17)18-7-9-19(32-3)10-8-18/h7-10,16-17H,4-6,11-15H2,1-3H3. The number of esters is 1. The van der Waals surface area contributed by atoms with Crippen LogP contribution in [0.25, 0.3) is 0 Å². The Kier molecular flexibility index (Phi) is 8.17. The summed E-state index contributed by atoms with van der Waals surface area (Å²) < 4.78 is 5.09.